The summed E-state index contributed by atoms with van der Waals surface area (Å²) in [4.78, 5) is 16.1. The highest BCUT2D eigenvalue weighted by atomic mass is 16.1. The lowest BCUT2D eigenvalue weighted by molar-refractivity contribution is 0.462. The van der Waals surface area contributed by atoms with E-state index in [1.165, 1.54) is 11.1 Å². The third-order valence-corrected chi connectivity index (χ3v) is 3.21. The van der Waals surface area contributed by atoms with E-state index < -0.39 is 0 Å². The van der Waals surface area contributed by atoms with Crippen molar-refractivity contribution in [1.29, 1.82) is 0 Å². The number of hydrogen-bond donors (Lipinski definition) is 1. The largest absolute Gasteiger partial charge is 0.312 e. The van der Waals surface area contributed by atoms with Gasteiger partial charge in [0.25, 0.3) is 5.56 Å². The lowest BCUT2D eigenvalue weighted by Gasteiger charge is -2.11. The van der Waals surface area contributed by atoms with Crippen LogP contribution in [0.15, 0.2) is 29.5 Å². The molecule has 5 heteroatoms. The zero-order valence-electron chi connectivity index (χ0n) is 9.47. The summed E-state index contributed by atoms with van der Waals surface area (Å²) in [5.74, 6) is 0. The summed E-state index contributed by atoms with van der Waals surface area (Å²) >= 11 is 0. The fraction of sp³-hybridized carbons (Fsp3) is 0.417. The van der Waals surface area contributed by atoms with Crippen LogP contribution in [0.25, 0.3) is 10.8 Å². The average Bonchev–Trinajstić information content (AvgIpc) is 2.86. The quantitative estimate of drug-likeness (QED) is 0.818. The SMILES string of the molecule is O=c1c2cnccc2cnn1C[C@@H]1CCCN1. The molecule has 1 aliphatic heterocycles. The predicted molar refractivity (Wildman–Crippen MR) is 64.8 cm³/mol. The molecule has 0 radical (unpaired) electrons. The third-order valence-electron chi connectivity index (χ3n) is 3.21. The van der Waals surface area contributed by atoms with Crippen molar-refractivity contribution in [2.24, 2.45) is 0 Å². The average molecular weight is 230 g/mol. The molecular formula is C12H14N4O. The van der Waals surface area contributed by atoms with Crippen LogP contribution < -0.4 is 10.9 Å². The summed E-state index contributed by atoms with van der Waals surface area (Å²) in [5.41, 5.74) is -0.0516. The minimum absolute atomic E-state index is 0.0516. The van der Waals surface area contributed by atoms with Gasteiger partial charge >= 0.3 is 0 Å². The second kappa shape index (κ2) is 4.25. The van der Waals surface area contributed by atoms with E-state index in [-0.39, 0.29) is 5.56 Å². The Hall–Kier alpha value is -1.75. The van der Waals surface area contributed by atoms with Crippen molar-refractivity contribution >= 4 is 10.8 Å². The topological polar surface area (TPSA) is 59.8 Å². The maximum atomic E-state index is 12.1. The molecule has 0 bridgehead atoms. The number of nitrogens with zero attached hydrogens (tertiary/aromatic N) is 3. The summed E-state index contributed by atoms with van der Waals surface area (Å²) < 4.78 is 1.53. The van der Waals surface area contributed by atoms with Crippen LogP contribution in [0.4, 0.5) is 0 Å². The minimum Gasteiger partial charge on any atom is -0.312 e. The van der Waals surface area contributed by atoms with Crippen molar-refractivity contribution in [3.63, 3.8) is 0 Å². The Balaban J connectivity index is 1.99. The molecule has 0 spiro atoms. The number of nitrogens with one attached hydrogen (secondary N) is 1. The number of hydrogen-bond acceptors (Lipinski definition) is 4. The van der Waals surface area contributed by atoms with E-state index in [0.29, 0.717) is 18.0 Å². The van der Waals surface area contributed by atoms with E-state index in [0.717, 1.165) is 18.4 Å². The van der Waals surface area contributed by atoms with Gasteiger partial charge in [0.05, 0.1) is 18.1 Å². The molecule has 0 amide bonds. The molecule has 17 heavy (non-hydrogen) atoms. The summed E-state index contributed by atoms with van der Waals surface area (Å²) in [7, 11) is 0. The van der Waals surface area contributed by atoms with Gasteiger partial charge in [-0.05, 0) is 25.5 Å². The Labute approximate surface area is 98.5 Å². The predicted octanol–water partition coefficient (Wildman–Crippen LogP) is 0.543. The van der Waals surface area contributed by atoms with Gasteiger partial charge in [-0.15, -0.1) is 0 Å². The summed E-state index contributed by atoms with van der Waals surface area (Å²) in [6, 6.07) is 2.18. The van der Waals surface area contributed by atoms with Crippen LogP contribution in [0.3, 0.4) is 0 Å². The van der Waals surface area contributed by atoms with E-state index in [4.69, 9.17) is 0 Å². The molecule has 3 heterocycles. The fourth-order valence-electron chi connectivity index (χ4n) is 2.27. The molecule has 1 fully saturated rings. The van der Waals surface area contributed by atoms with Gasteiger partial charge in [-0.3, -0.25) is 9.78 Å². The van der Waals surface area contributed by atoms with Crippen LogP contribution >= 0.6 is 0 Å². The van der Waals surface area contributed by atoms with Gasteiger partial charge in [0.1, 0.15) is 0 Å². The van der Waals surface area contributed by atoms with Gasteiger partial charge < -0.3 is 5.32 Å². The van der Waals surface area contributed by atoms with Gasteiger partial charge in [-0.1, -0.05) is 0 Å². The number of aromatic nitrogens is 3. The van der Waals surface area contributed by atoms with Crippen LogP contribution in [0.1, 0.15) is 12.8 Å². The Morgan fingerprint density at radius 1 is 1.47 bits per heavy atom. The van der Waals surface area contributed by atoms with Crippen LogP contribution in [-0.2, 0) is 6.54 Å². The molecule has 0 aromatic carbocycles. The molecule has 2 aromatic rings. The summed E-state index contributed by atoms with van der Waals surface area (Å²) in [5, 5.41) is 9.06. The lowest BCUT2D eigenvalue weighted by atomic mass is 10.2. The minimum atomic E-state index is -0.0516. The molecule has 0 saturated carbocycles. The van der Waals surface area contributed by atoms with Crippen LogP contribution in [0.2, 0.25) is 0 Å². The van der Waals surface area contributed by atoms with Crippen molar-refractivity contribution in [1.82, 2.24) is 20.1 Å². The maximum Gasteiger partial charge on any atom is 0.276 e. The fourth-order valence-corrected chi connectivity index (χ4v) is 2.27. The molecule has 88 valence electrons. The number of pyridine rings is 1. The molecule has 2 aromatic heterocycles. The molecule has 3 rings (SSSR count). The Bertz CT molecular complexity index is 586. The molecule has 1 saturated heterocycles. The van der Waals surface area contributed by atoms with Crippen molar-refractivity contribution in [2.45, 2.75) is 25.4 Å². The van der Waals surface area contributed by atoms with Crippen LogP contribution in [0.5, 0.6) is 0 Å². The standard InChI is InChI=1S/C12H14N4O/c17-12-11-7-13-5-3-9(11)6-15-16(12)8-10-2-1-4-14-10/h3,5-7,10,14H,1-2,4,8H2/t10-/m0/s1. The van der Waals surface area contributed by atoms with Crippen molar-refractivity contribution in [3.8, 4) is 0 Å². The first kappa shape index (κ1) is 10.4. The van der Waals surface area contributed by atoms with E-state index in [1.54, 1.807) is 18.6 Å². The van der Waals surface area contributed by atoms with E-state index >= 15 is 0 Å². The molecule has 1 atom stereocenters. The smallest absolute Gasteiger partial charge is 0.276 e. The summed E-state index contributed by atoms with van der Waals surface area (Å²) in [6.45, 7) is 1.68. The lowest BCUT2D eigenvalue weighted by Crippen LogP contribution is -2.33. The molecule has 0 aliphatic carbocycles. The molecule has 1 aliphatic rings. The first-order valence-electron chi connectivity index (χ1n) is 5.88. The number of rotatable bonds is 2. The molecule has 5 nitrogen and oxygen atoms in total. The maximum absolute atomic E-state index is 12.1. The van der Waals surface area contributed by atoms with Gasteiger partial charge in [0, 0.05) is 23.8 Å². The highest BCUT2D eigenvalue weighted by molar-refractivity contribution is 5.79. The molecule has 0 unspecified atom stereocenters. The van der Waals surface area contributed by atoms with Gasteiger partial charge in [0.15, 0.2) is 0 Å². The zero-order valence-corrected chi connectivity index (χ0v) is 9.47. The first-order valence-corrected chi connectivity index (χ1v) is 5.88. The first-order chi connectivity index (χ1) is 8.34. The number of fused-ring (bicyclic) bond motifs is 1. The molecule has 1 N–H and O–H groups in total. The molecular weight excluding hydrogens is 216 g/mol. The normalized spacial score (nSPS) is 19.9. The third kappa shape index (κ3) is 1.93. The Morgan fingerprint density at radius 3 is 3.24 bits per heavy atom. The van der Waals surface area contributed by atoms with Gasteiger partial charge in [0.2, 0.25) is 0 Å². The van der Waals surface area contributed by atoms with E-state index in [1.807, 2.05) is 6.07 Å². The zero-order chi connectivity index (χ0) is 11.7. The van der Waals surface area contributed by atoms with Gasteiger partial charge in [-0.25, -0.2) is 4.68 Å². The van der Waals surface area contributed by atoms with Crippen LogP contribution in [0, 0.1) is 0 Å². The second-order valence-corrected chi connectivity index (χ2v) is 4.39. The highest BCUT2D eigenvalue weighted by Gasteiger charge is 2.16. The van der Waals surface area contributed by atoms with Crippen molar-refractivity contribution in [3.05, 3.63) is 35.0 Å². The van der Waals surface area contributed by atoms with E-state index in [2.05, 4.69) is 15.4 Å². The Morgan fingerprint density at radius 2 is 2.41 bits per heavy atom. The van der Waals surface area contributed by atoms with Crippen LogP contribution in [-0.4, -0.2) is 27.4 Å². The highest BCUT2D eigenvalue weighted by Crippen LogP contribution is 2.08. The summed E-state index contributed by atoms with van der Waals surface area (Å²) in [6.07, 6.45) is 7.30. The monoisotopic (exact) mass is 230 g/mol. The van der Waals surface area contributed by atoms with Crippen molar-refractivity contribution in [2.75, 3.05) is 6.54 Å². The van der Waals surface area contributed by atoms with Gasteiger partial charge in [-0.2, -0.15) is 5.10 Å². The Kier molecular flexibility index (Phi) is 2.60. The second-order valence-electron chi connectivity index (χ2n) is 4.39. The van der Waals surface area contributed by atoms with E-state index in [9.17, 15) is 4.79 Å². The van der Waals surface area contributed by atoms with Crippen molar-refractivity contribution < 1.29 is 0 Å².